The fourth-order valence-electron chi connectivity index (χ4n) is 3.36. The highest BCUT2D eigenvalue weighted by atomic mass is 16.5. The molecule has 0 aliphatic heterocycles. The first kappa shape index (κ1) is 14.8. The second-order valence-corrected chi connectivity index (χ2v) is 5.62. The van der Waals surface area contributed by atoms with E-state index in [0.717, 1.165) is 23.7 Å². The predicted octanol–water partition coefficient (Wildman–Crippen LogP) is 3.42. The highest BCUT2D eigenvalue weighted by Gasteiger charge is 2.26. The maximum absolute atomic E-state index is 11.5. The van der Waals surface area contributed by atoms with Gasteiger partial charge in [0.05, 0.1) is 26.8 Å². The van der Waals surface area contributed by atoms with Crippen molar-refractivity contribution < 1.29 is 19.0 Å². The molecule has 5 heteroatoms. The molecule has 0 spiro atoms. The summed E-state index contributed by atoms with van der Waals surface area (Å²) in [6.45, 7) is 0. The Morgan fingerprint density at radius 1 is 1.05 bits per heavy atom. The second kappa shape index (κ2) is 5.91. The van der Waals surface area contributed by atoms with Crippen LogP contribution in [0.5, 0.6) is 17.2 Å². The number of hydrogen-bond acceptors (Lipinski definition) is 4. The molecule has 5 nitrogen and oxygen atoms in total. The summed E-state index contributed by atoms with van der Waals surface area (Å²) in [5.74, 6) is 2.66. The number of ketones is 1. The van der Waals surface area contributed by atoms with Gasteiger partial charge in [-0.05, 0) is 24.3 Å². The number of H-pyrrole nitrogens is 1. The standard InChI is InChI=1S/C17H21NO4/c1-20-14-8-13-15(17(22-3)16(14)21-2)12(9-18-13)10-4-6-11(19)7-5-10/h8-10,18H,4-7H2,1-3H3. The minimum absolute atomic E-state index is 0.363. The van der Waals surface area contributed by atoms with Crippen molar-refractivity contribution in [3.8, 4) is 17.2 Å². The molecule has 1 saturated carbocycles. The van der Waals surface area contributed by atoms with Crippen molar-refractivity contribution in [1.82, 2.24) is 4.98 Å². The summed E-state index contributed by atoms with van der Waals surface area (Å²) in [5.41, 5.74) is 2.15. The number of aromatic nitrogens is 1. The molecule has 0 radical (unpaired) electrons. The molecular weight excluding hydrogens is 282 g/mol. The predicted molar refractivity (Wildman–Crippen MR) is 84.2 cm³/mol. The number of ether oxygens (including phenoxy) is 3. The molecule has 1 aliphatic carbocycles. The van der Waals surface area contributed by atoms with Crippen molar-refractivity contribution in [2.24, 2.45) is 0 Å². The van der Waals surface area contributed by atoms with Crippen LogP contribution in [0.4, 0.5) is 0 Å². The molecule has 118 valence electrons. The largest absolute Gasteiger partial charge is 0.493 e. The lowest BCUT2D eigenvalue weighted by Crippen LogP contribution is -2.12. The van der Waals surface area contributed by atoms with E-state index in [-0.39, 0.29) is 0 Å². The van der Waals surface area contributed by atoms with Gasteiger partial charge in [-0.3, -0.25) is 4.79 Å². The lowest BCUT2D eigenvalue weighted by Gasteiger charge is -2.21. The maximum atomic E-state index is 11.5. The Hall–Kier alpha value is -2.17. The van der Waals surface area contributed by atoms with Gasteiger partial charge >= 0.3 is 0 Å². The zero-order valence-corrected chi connectivity index (χ0v) is 13.2. The number of carbonyl (C=O) groups excluding carboxylic acids is 1. The number of Topliss-reactive ketones (excluding diaryl/α,β-unsaturated/α-hetero) is 1. The number of fused-ring (bicyclic) bond motifs is 1. The van der Waals surface area contributed by atoms with Gasteiger partial charge in [-0.15, -0.1) is 0 Å². The van der Waals surface area contributed by atoms with E-state index in [2.05, 4.69) is 4.98 Å². The normalized spacial score (nSPS) is 16.0. The van der Waals surface area contributed by atoms with Crippen molar-refractivity contribution in [3.05, 3.63) is 17.8 Å². The molecule has 22 heavy (non-hydrogen) atoms. The first-order valence-corrected chi connectivity index (χ1v) is 7.51. The average molecular weight is 303 g/mol. The van der Waals surface area contributed by atoms with Crippen LogP contribution in [0, 0.1) is 0 Å². The monoisotopic (exact) mass is 303 g/mol. The zero-order valence-electron chi connectivity index (χ0n) is 13.2. The summed E-state index contributed by atoms with van der Waals surface area (Å²) in [6.07, 6.45) is 5.12. The minimum Gasteiger partial charge on any atom is -0.493 e. The summed E-state index contributed by atoms with van der Waals surface area (Å²) in [5, 5.41) is 1.03. The van der Waals surface area contributed by atoms with Crippen LogP contribution in [-0.2, 0) is 4.79 Å². The molecule has 0 saturated heterocycles. The van der Waals surface area contributed by atoms with E-state index in [1.165, 1.54) is 5.56 Å². The molecule has 1 aliphatic rings. The Balaban J connectivity index is 2.14. The molecule has 0 bridgehead atoms. The van der Waals surface area contributed by atoms with Crippen LogP contribution in [0.1, 0.15) is 37.2 Å². The molecule has 1 fully saturated rings. The van der Waals surface area contributed by atoms with Crippen molar-refractivity contribution in [1.29, 1.82) is 0 Å². The summed E-state index contributed by atoms with van der Waals surface area (Å²) < 4.78 is 16.5. The highest BCUT2D eigenvalue weighted by molar-refractivity contribution is 5.94. The SMILES string of the molecule is COc1cc2[nH]cc(C3CCC(=O)CC3)c2c(OC)c1OC. The molecule has 2 aromatic rings. The summed E-state index contributed by atoms with van der Waals surface area (Å²) >= 11 is 0. The Morgan fingerprint density at radius 2 is 1.73 bits per heavy atom. The van der Waals surface area contributed by atoms with Gasteiger partial charge in [-0.1, -0.05) is 0 Å². The Morgan fingerprint density at radius 3 is 2.32 bits per heavy atom. The molecule has 0 amide bonds. The smallest absolute Gasteiger partial charge is 0.204 e. The van der Waals surface area contributed by atoms with Gasteiger partial charge in [0.2, 0.25) is 5.75 Å². The van der Waals surface area contributed by atoms with Gasteiger partial charge in [-0.2, -0.15) is 0 Å². The van der Waals surface area contributed by atoms with E-state index in [1.807, 2.05) is 12.3 Å². The number of methoxy groups -OCH3 is 3. The minimum atomic E-state index is 0.363. The topological polar surface area (TPSA) is 60.6 Å². The third-order valence-electron chi connectivity index (χ3n) is 4.48. The summed E-state index contributed by atoms with van der Waals surface area (Å²) in [4.78, 5) is 14.8. The third kappa shape index (κ3) is 2.30. The van der Waals surface area contributed by atoms with Crippen LogP contribution in [-0.4, -0.2) is 32.1 Å². The van der Waals surface area contributed by atoms with Crippen molar-refractivity contribution >= 4 is 16.7 Å². The Kier molecular flexibility index (Phi) is 3.96. The molecule has 0 atom stereocenters. The van der Waals surface area contributed by atoms with Crippen LogP contribution in [0.2, 0.25) is 0 Å². The number of hydrogen-bond donors (Lipinski definition) is 1. The highest BCUT2D eigenvalue weighted by Crippen LogP contribution is 2.47. The van der Waals surface area contributed by atoms with Crippen LogP contribution in [0.15, 0.2) is 12.3 Å². The summed E-state index contributed by atoms with van der Waals surface area (Å²) in [7, 11) is 4.86. The zero-order chi connectivity index (χ0) is 15.7. The van der Waals surface area contributed by atoms with E-state index in [1.54, 1.807) is 21.3 Å². The Bertz CT molecular complexity index is 694. The van der Waals surface area contributed by atoms with Crippen LogP contribution in [0.25, 0.3) is 10.9 Å². The molecule has 1 heterocycles. The average Bonchev–Trinajstić information content (AvgIpc) is 2.97. The van der Waals surface area contributed by atoms with E-state index in [4.69, 9.17) is 14.2 Å². The maximum Gasteiger partial charge on any atom is 0.204 e. The van der Waals surface area contributed by atoms with Crippen molar-refractivity contribution in [2.45, 2.75) is 31.6 Å². The van der Waals surface area contributed by atoms with Gasteiger partial charge in [-0.25, -0.2) is 0 Å². The lowest BCUT2D eigenvalue weighted by molar-refractivity contribution is -0.120. The van der Waals surface area contributed by atoms with Crippen LogP contribution >= 0.6 is 0 Å². The van der Waals surface area contributed by atoms with Gasteiger partial charge in [0, 0.05) is 30.5 Å². The fraction of sp³-hybridized carbons (Fsp3) is 0.471. The molecule has 0 unspecified atom stereocenters. The number of nitrogens with one attached hydrogen (secondary N) is 1. The van der Waals surface area contributed by atoms with Gasteiger partial charge in [0.25, 0.3) is 0 Å². The first-order valence-electron chi connectivity index (χ1n) is 7.51. The van der Waals surface area contributed by atoms with Gasteiger partial charge < -0.3 is 19.2 Å². The van der Waals surface area contributed by atoms with E-state index >= 15 is 0 Å². The number of benzene rings is 1. The van der Waals surface area contributed by atoms with Crippen LogP contribution < -0.4 is 14.2 Å². The van der Waals surface area contributed by atoms with Gasteiger partial charge in [0.15, 0.2) is 11.5 Å². The number of rotatable bonds is 4. The molecule has 1 aromatic carbocycles. The number of carbonyl (C=O) groups is 1. The third-order valence-corrected chi connectivity index (χ3v) is 4.48. The Labute approximate surface area is 129 Å². The quantitative estimate of drug-likeness (QED) is 0.940. The molecule has 1 aromatic heterocycles. The molecule has 1 N–H and O–H groups in total. The van der Waals surface area contributed by atoms with E-state index in [0.29, 0.717) is 41.8 Å². The van der Waals surface area contributed by atoms with E-state index in [9.17, 15) is 4.79 Å². The molecular formula is C17H21NO4. The van der Waals surface area contributed by atoms with Crippen molar-refractivity contribution in [2.75, 3.05) is 21.3 Å². The summed E-state index contributed by atoms with van der Waals surface area (Å²) in [6, 6.07) is 1.92. The van der Waals surface area contributed by atoms with Crippen molar-refractivity contribution in [3.63, 3.8) is 0 Å². The first-order chi connectivity index (χ1) is 10.7. The fourth-order valence-corrected chi connectivity index (χ4v) is 3.36. The lowest BCUT2D eigenvalue weighted by atomic mass is 9.83. The van der Waals surface area contributed by atoms with Gasteiger partial charge in [0.1, 0.15) is 5.78 Å². The van der Waals surface area contributed by atoms with E-state index < -0.39 is 0 Å². The number of aromatic amines is 1. The molecule has 3 rings (SSSR count). The van der Waals surface area contributed by atoms with Crippen LogP contribution in [0.3, 0.4) is 0 Å². The second-order valence-electron chi connectivity index (χ2n) is 5.62.